The number of piperazine rings is 1. The van der Waals surface area contributed by atoms with Crippen molar-refractivity contribution in [3.8, 4) is 11.3 Å². The van der Waals surface area contributed by atoms with Gasteiger partial charge >= 0.3 is 0 Å². The van der Waals surface area contributed by atoms with Crippen molar-refractivity contribution in [3.05, 3.63) is 65.0 Å². The van der Waals surface area contributed by atoms with E-state index in [1.54, 1.807) is 0 Å². The minimum absolute atomic E-state index is 0.220. The van der Waals surface area contributed by atoms with Crippen molar-refractivity contribution >= 4 is 17.3 Å². The van der Waals surface area contributed by atoms with E-state index in [4.69, 9.17) is 5.73 Å². The largest absolute Gasteiger partial charge is 0.399 e. The Labute approximate surface area is 151 Å². The van der Waals surface area contributed by atoms with Crippen molar-refractivity contribution in [1.29, 1.82) is 0 Å². The first-order chi connectivity index (χ1) is 12.7. The van der Waals surface area contributed by atoms with Crippen molar-refractivity contribution in [2.45, 2.75) is 0 Å². The summed E-state index contributed by atoms with van der Waals surface area (Å²) in [7, 11) is 0. The van der Waals surface area contributed by atoms with Crippen molar-refractivity contribution in [1.82, 2.24) is 15.2 Å². The third kappa shape index (κ3) is 3.23. The Bertz CT molecular complexity index is 930. The van der Waals surface area contributed by atoms with Gasteiger partial charge in [0.15, 0.2) is 5.69 Å². The molecule has 4 rings (SSSR count). The molecule has 0 aliphatic carbocycles. The molecule has 0 atom stereocenters. The standard InChI is InChI=1S/C19H20N6O/c20-15-6-8-16(9-7-15)24-10-12-25(13-11-24)19-21-18(26)17(22-23-19)14-4-2-1-3-5-14/h1-9H,10-13,20H2,(H,21,23,26). The number of H-pyrrole nitrogens is 1. The molecule has 7 heteroatoms. The minimum atomic E-state index is -0.220. The van der Waals surface area contributed by atoms with Gasteiger partial charge in [-0.3, -0.25) is 9.78 Å². The number of nitrogens with one attached hydrogen (secondary N) is 1. The van der Waals surface area contributed by atoms with Crippen LogP contribution >= 0.6 is 0 Å². The molecule has 26 heavy (non-hydrogen) atoms. The summed E-state index contributed by atoms with van der Waals surface area (Å²) in [4.78, 5) is 19.6. The summed E-state index contributed by atoms with van der Waals surface area (Å²) in [6, 6.07) is 17.2. The Morgan fingerprint density at radius 2 is 1.50 bits per heavy atom. The van der Waals surface area contributed by atoms with Crippen LogP contribution in [-0.2, 0) is 0 Å². The highest BCUT2D eigenvalue weighted by Crippen LogP contribution is 2.19. The number of aromatic nitrogens is 3. The summed E-state index contributed by atoms with van der Waals surface area (Å²) in [6.07, 6.45) is 0. The third-order valence-electron chi connectivity index (χ3n) is 4.57. The molecule has 0 saturated carbocycles. The Hall–Kier alpha value is -3.35. The lowest BCUT2D eigenvalue weighted by atomic mass is 10.2. The molecule has 132 valence electrons. The highest BCUT2D eigenvalue weighted by molar-refractivity contribution is 5.58. The summed E-state index contributed by atoms with van der Waals surface area (Å²) in [5.41, 5.74) is 8.55. The van der Waals surface area contributed by atoms with Gasteiger partial charge in [-0.2, -0.15) is 0 Å². The highest BCUT2D eigenvalue weighted by atomic mass is 16.1. The van der Waals surface area contributed by atoms with Crippen LogP contribution < -0.4 is 21.1 Å². The normalized spacial score (nSPS) is 14.5. The number of hydrogen-bond donors (Lipinski definition) is 2. The molecule has 0 amide bonds. The van der Waals surface area contributed by atoms with Crippen LogP contribution in [0.4, 0.5) is 17.3 Å². The number of aromatic amines is 1. The Balaban J connectivity index is 1.47. The maximum absolute atomic E-state index is 12.4. The molecule has 3 N–H and O–H groups in total. The van der Waals surface area contributed by atoms with E-state index >= 15 is 0 Å². The van der Waals surface area contributed by atoms with Gasteiger partial charge in [-0.05, 0) is 24.3 Å². The second kappa shape index (κ2) is 6.87. The second-order valence-electron chi connectivity index (χ2n) is 6.26. The predicted molar refractivity (Wildman–Crippen MR) is 103 cm³/mol. The maximum atomic E-state index is 12.4. The zero-order chi connectivity index (χ0) is 17.9. The van der Waals surface area contributed by atoms with Gasteiger partial charge in [-0.1, -0.05) is 30.3 Å². The highest BCUT2D eigenvalue weighted by Gasteiger charge is 2.20. The summed E-state index contributed by atoms with van der Waals surface area (Å²) < 4.78 is 0. The van der Waals surface area contributed by atoms with Crippen molar-refractivity contribution < 1.29 is 0 Å². The van der Waals surface area contributed by atoms with Gasteiger partial charge in [-0.25, -0.2) is 0 Å². The molecule has 1 aromatic heterocycles. The zero-order valence-electron chi connectivity index (χ0n) is 14.3. The fourth-order valence-electron chi connectivity index (χ4n) is 3.12. The van der Waals surface area contributed by atoms with E-state index in [2.05, 4.69) is 25.0 Å². The fraction of sp³-hybridized carbons (Fsp3) is 0.211. The molecular formula is C19H20N6O. The van der Waals surface area contributed by atoms with Crippen LogP contribution in [0.25, 0.3) is 11.3 Å². The number of nitrogen functional groups attached to an aromatic ring is 1. The Morgan fingerprint density at radius 1 is 0.846 bits per heavy atom. The molecule has 0 bridgehead atoms. The van der Waals surface area contributed by atoms with Crippen LogP contribution in [0.2, 0.25) is 0 Å². The molecule has 0 radical (unpaired) electrons. The Kier molecular flexibility index (Phi) is 4.27. The number of nitrogens with zero attached hydrogens (tertiary/aromatic N) is 4. The molecule has 1 fully saturated rings. The van der Waals surface area contributed by atoms with Gasteiger partial charge in [0.1, 0.15) is 0 Å². The zero-order valence-corrected chi connectivity index (χ0v) is 14.3. The van der Waals surface area contributed by atoms with Gasteiger partial charge in [0.2, 0.25) is 5.95 Å². The molecule has 1 aliphatic heterocycles. The molecule has 0 spiro atoms. The van der Waals surface area contributed by atoms with Crippen LogP contribution in [0.1, 0.15) is 0 Å². The van der Waals surface area contributed by atoms with E-state index in [-0.39, 0.29) is 5.56 Å². The molecule has 2 aromatic carbocycles. The fourth-order valence-corrected chi connectivity index (χ4v) is 3.12. The minimum Gasteiger partial charge on any atom is -0.399 e. The quantitative estimate of drug-likeness (QED) is 0.701. The van der Waals surface area contributed by atoms with Crippen LogP contribution in [0.15, 0.2) is 59.4 Å². The lowest BCUT2D eigenvalue weighted by molar-refractivity contribution is 0.634. The van der Waals surface area contributed by atoms with E-state index < -0.39 is 0 Å². The van der Waals surface area contributed by atoms with Gasteiger partial charge in [0, 0.05) is 43.1 Å². The second-order valence-corrected chi connectivity index (χ2v) is 6.26. The van der Waals surface area contributed by atoms with Crippen LogP contribution in [-0.4, -0.2) is 41.4 Å². The van der Waals surface area contributed by atoms with Crippen LogP contribution in [0.5, 0.6) is 0 Å². The van der Waals surface area contributed by atoms with Crippen LogP contribution in [0, 0.1) is 0 Å². The first-order valence-corrected chi connectivity index (χ1v) is 8.58. The lowest BCUT2D eigenvalue weighted by Crippen LogP contribution is -2.47. The van der Waals surface area contributed by atoms with Gasteiger partial charge in [0.25, 0.3) is 5.56 Å². The smallest absolute Gasteiger partial charge is 0.279 e. The topological polar surface area (TPSA) is 91.1 Å². The molecule has 0 unspecified atom stereocenters. The third-order valence-corrected chi connectivity index (χ3v) is 4.57. The first kappa shape index (κ1) is 16.1. The van der Waals surface area contributed by atoms with E-state index in [0.29, 0.717) is 11.6 Å². The van der Waals surface area contributed by atoms with Crippen molar-refractivity contribution in [3.63, 3.8) is 0 Å². The molecular weight excluding hydrogens is 328 g/mol. The van der Waals surface area contributed by atoms with E-state index in [1.807, 2.05) is 54.6 Å². The van der Waals surface area contributed by atoms with Crippen molar-refractivity contribution in [2.24, 2.45) is 0 Å². The Morgan fingerprint density at radius 3 is 2.15 bits per heavy atom. The lowest BCUT2D eigenvalue weighted by Gasteiger charge is -2.36. The average molecular weight is 348 g/mol. The summed E-state index contributed by atoms with van der Waals surface area (Å²) >= 11 is 0. The van der Waals surface area contributed by atoms with E-state index in [9.17, 15) is 4.79 Å². The number of anilines is 3. The molecule has 1 aliphatic rings. The van der Waals surface area contributed by atoms with E-state index in [1.165, 1.54) is 0 Å². The summed E-state index contributed by atoms with van der Waals surface area (Å²) in [5, 5.41) is 8.38. The summed E-state index contributed by atoms with van der Waals surface area (Å²) in [5.74, 6) is 0.520. The molecule has 2 heterocycles. The van der Waals surface area contributed by atoms with E-state index in [0.717, 1.165) is 43.1 Å². The number of nitrogens with two attached hydrogens (primary N) is 1. The molecule has 1 saturated heterocycles. The maximum Gasteiger partial charge on any atom is 0.279 e. The SMILES string of the molecule is Nc1ccc(N2CCN(c3nnc(-c4ccccc4)c(=O)[nH]3)CC2)cc1. The van der Waals surface area contributed by atoms with Gasteiger partial charge in [-0.15, -0.1) is 10.2 Å². The first-order valence-electron chi connectivity index (χ1n) is 8.58. The average Bonchev–Trinajstić information content (AvgIpc) is 2.69. The van der Waals surface area contributed by atoms with Crippen molar-refractivity contribution in [2.75, 3.05) is 41.7 Å². The molecule has 7 nitrogen and oxygen atoms in total. The van der Waals surface area contributed by atoms with Gasteiger partial charge < -0.3 is 15.5 Å². The number of benzene rings is 2. The number of rotatable bonds is 3. The predicted octanol–water partition coefficient (Wildman–Crippen LogP) is 1.74. The summed E-state index contributed by atoms with van der Waals surface area (Å²) in [6.45, 7) is 3.21. The number of hydrogen-bond acceptors (Lipinski definition) is 6. The van der Waals surface area contributed by atoms with Crippen LogP contribution in [0.3, 0.4) is 0 Å². The monoisotopic (exact) mass is 348 g/mol. The molecule has 3 aromatic rings. The van der Waals surface area contributed by atoms with Gasteiger partial charge in [0.05, 0.1) is 0 Å².